The van der Waals surface area contributed by atoms with Crippen LogP contribution >= 0.6 is 0 Å². The first-order valence-electron chi connectivity index (χ1n) is 10.4. The number of nitrogens with two attached hydrogens (primary N) is 1. The van der Waals surface area contributed by atoms with E-state index in [-0.39, 0.29) is 17.7 Å². The largest absolute Gasteiger partial charge is 0.490 e. The number of rotatable bonds is 8. The van der Waals surface area contributed by atoms with Crippen LogP contribution in [0.15, 0.2) is 16.5 Å². The van der Waals surface area contributed by atoms with Crippen molar-refractivity contribution in [3.63, 3.8) is 0 Å². The number of benzene rings is 1. The molecule has 0 bridgehead atoms. The third-order valence-corrected chi connectivity index (χ3v) is 5.41. The number of primary amides is 1. The van der Waals surface area contributed by atoms with Crippen LogP contribution in [0.1, 0.15) is 55.6 Å². The van der Waals surface area contributed by atoms with E-state index >= 15 is 0 Å². The van der Waals surface area contributed by atoms with Gasteiger partial charge in [-0.3, -0.25) is 9.59 Å². The summed E-state index contributed by atoms with van der Waals surface area (Å²) in [5, 5.41) is 0.850. The Morgan fingerprint density at radius 2 is 2.00 bits per heavy atom. The molecule has 1 saturated heterocycles. The first-order chi connectivity index (χ1) is 14.0. The lowest BCUT2D eigenvalue weighted by atomic mass is 9.93. The lowest BCUT2D eigenvalue weighted by molar-refractivity contribution is -0.118. The Balaban J connectivity index is 1.88. The maximum absolute atomic E-state index is 13.2. The predicted molar refractivity (Wildman–Crippen MR) is 110 cm³/mol. The zero-order valence-electron chi connectivity index (χ0n) is 17.5. The van der Waals surface area contributed by atoms with E-state index in [4.69, 9.17) is 19.6 Å². The molecule has 7 nitrogen and oxygen atoms in total. The Morgan fingerprint density at radius 3 is 2.69 bits per heavy atom. The predicted octanol–water partition coefficient (Wildman–Crippen LogP) is 3.66. The molecule has 1 aromatic carbocycles. The first-order valence-corrected chi connectivity index (χ1v) is 10.4. The van der Waals surface area contributed by atoms with Gasteiger partial charge in [0.1, 0.15) is 0 Å². The number of amides is 2. The molecule has 0 aliphatic carbocycles. The van der Waals surface area contributed by atoms with Gasteiger partial charge in [-0.15, -0.1) is 0 Å². The Morgan fingerprint density at radius 1 is 1.24 bits per heavy atom. The van der Waals surface area contributed by atoms with E-state index in [0.717, 1.165) is 23.8 Å². The van der Waals surface area contributed by atoms with Crippen LogP contribution in [-0.4, -0.2) is 43.0 Å². The Hall–Kier alpha value is -2.70. The molecule has 0 saturated carbocycles. The quantitative estimate of drug-likeness (QED) is 0.727. The third-order valence-electron chi connectivity index (χ3n) is 5.41. The number of nitrogens with zero attached hydrogens (tertiary/aromatic N) is 1. The van der Waals surface area contributed by atoms with Crippen LogP contribution in [0.2, 0.25) is 0 Å². The second-order valence-corrected chi connectivity index (χ2v) is 7.46. The molecule has 1 aromatic heterocycles. The number of hydrogen-bond donors (Lipinski definition) is 1. The third kappa shape index (κ3) is 4.49. The van der Waals surface area contributed by atoms with E-state index in [1.165, 1.54) is 0 Å². The van der Waals surface area contributed by atoms with Crippen LogP contribution in [0, 0.1) is 12.8 Å². The maximum atomic E-state index is 13.2. The summed E-state index contributed by atoms with van der Waals surface area (Å²) in [5.74, 6) is 1.35. The molecule has 0 spiro atoms. The van der Waals surface area contributed by atoms with Crippen molar-refractivity contribution in [2.75, 3.05) is 26.3 Å². The summed E-state index contributed by atoms with van der Waals surface area (Å²) in [6.07, 6.45) is 2.98. The SMILES string of the molecule is CCOc1ccc2c(C)c(C(=O)N3CCC[C@H](CCC(N)=O)C3)oc2c1OCC. The fourth-order valence-corrected chi connectivity index (χ4v) is 3.97. The molecule has 2 heterocycles. The van der Waals surface area contributed by atoms with Crippen LogP contribution in [0.25, 0.3) is 11.0 Å². The van der Waals surface area contributed by atoms with Gasteiger partial charge >= 0.3 is 0 Å². The maximum Gasteiger partial charge on any atom is 0.289 e. The molecule has 1 aliphatic heterocycles. The first kappa shape index (κ1) is 21.0. The van der Waals surface area contributed by atoms with Gasteiger partial charge < -0.3 is 24.5 Å². The van der Waals surface area contributed by atoms with Crippen molar-refractivity contribution < 1.29 is 23.5 Å². The van der Waals surface area contributed by atoms with Crippen LogP contribution < -0.4 is 15.2 Å². The van der Waals surface area contributed by atoms with Crippen LogP contribution in [0.3, 0.4) is 0 Å². The highest BCUT2D eigenvalue weighted by molar-refractivity contribution is 6.00. The van der Waals surface area contributed by atoms with Gasteiger partial charge in [0.2, 0.25) is 11.7 Å². The van der Waals surface area contributed by atoms with E-state index < -0.39 is 0 Å². The molecule has 1 aliphatic rings. The van der Waals surface area contributed by atoms with E-state index in [0.29, 0.717) is 62.0 Å². The number of ether oxygens (including phenoxy) is 2. The minimum absolute atomic E-state index is 0.122. The number of carbonyl (C=O) groups is 2. The molecule has 2 amide bonds. The number of hydrogen-bond acceptors (Lipinski definition) is 5. The number of fused-ring (bicyclic) bond motifs is 1. The zero-order chi connectivity index (χ0) is 21.0. The van der Waals surface area contributed by atoms with Crippen LogP contribution in [-0.2, 0) is 4.79 Å². The summed E-state index contributed by atoms with van der Waals surface area (Å²) in [5.41, 5.74) is 6.62. The van der Waals surface area contributed by atoms with Gasteiger partial charge in [0.25, 0.3) is 5.91 Å². The van der Waals surface area contributed by atoms with E-state index in [1.807, 2.05) is 37.8 Å². The molecular weight excluding hydrogens is 372 g/mol. The lowest BCUT2D eigenvalue weighted by Gasteiger charge is -2.32. The molecule has 0 unspecified atom stereocenters. The number of aryl methyl sites for hydroxylation is 1. The van der Waals surface area contributed by atoms with Gasteiger partial charge in [-0.2, -0.15) is 0 Å². The van der Waals surface area contributed by atoms with Crippen molar-refractivity contribution in [3.05, 3.63) is 23.5 Å². The number of furan rings is 1. The molecule has 2 N–H and O–H groups in total. The second kappa shape index (κ2) is 9.20. The van der Waals surface area contributed by atoms with Gasteiger partial charge in [-0.25, -0.2) is 0 Å². The molecule has 1 fully saturated rings. The summed E-state index contributed by atoms with van der Waals surface area (Å²) in [6.45, 7) is 7.98. The van der Waals surface area contributed by atoms with E-state index in [2.05, 4.69) is 0 Å². The summed E-state index contributed by atoms with van der Waals surface area (Å²) in [6, 6.07) is 3.76. The summed E-state index contributed by atoms with van der Waals surface area (Å²) in [7, 11) is 0. The fourth-order valence-electron chi connectivity index (χ4n) is 3.97. The Labute approximate surface area is 171 Å². The summed E-state index contributed by atoms with van der Waals surface area (Å²) >= 11 is 0. The molecule has 7 heteroatoms. The normalized spacial score (nSPS) is 16.8. The van der Waals surface area contributed by atoms with Gasteiger partial charge in [0.05, 0.1) is 13.2 Å². The van der Waals surface area contributed by atoms with Crippen LogP contribution in [0.5, 0.6) is 11.5 Å². The molecular formula is C22H30N2O5. The van der Waals surface area contributed by atoms with Gasteiger partial charge in [0.15, 0.2) is 17.1 Å². The van der Waals surface area contributed by atoms with E-state index in [1.54, 1.807) is 0 Å². The monoisotopic (exact) mass is 402 g/mol. The highest BCUT2D eigenvalue weighted by Crippen LogP contribution is 2.40. The smallest absolute Gasteiger partial charge is 0.289 e. The molecule has 3 rings (SSSR count). The van der Waals surface area contributed by atoms with Crippen molar-refractivity contribution >= 4 is 22.8 Å². The molecule has 2 aromatic rings. The molecule has 0 radical (unpaired) electrons. The Kier molecular flexibility index (Phi) is 6.67. The highest BCUT2D eigenvalue weighted by Gasteiger charge is 2.29. The number of carbonyl (C=O) groups excluding carboxylic acids is 2. The van der Waals surface area contributed by atoms with Crippen LogP contribution in [0.4, 0.5) is 0 Å². The van der Waals surface area contributed by atoms with Crippen molar-refractivity contribution in [3.8, 4) is 11.5 Å². The molecule has 158 valence electrons. The number of piperidine rings is 1. The average molecular weight is 402 g/mol. The molecule has 29 heavy (non-hydrogen) atoms. The highest BCUT2D eigenvalue weighted by atomic mass is 16.5. The van der Waals surface area contributed by atoms with E-state index in [9.17, 15) is 9.59 Å². The van der Waals surface area contributed by atoms with Gasteiger partial charge in [0, 0.05) is 30.5 Å². The topological polar surface area (TPSA) is 95.0 Å². The minimum Gasteiger partial charge on any atom is -0.490 e. The van der Waals surface area contributed by atoms with Crippen molar-refractivity contribution in [1.82, 2.24) is 4.90 Å². The summed E-state index contributed by atoms with van der Waals surface area (Å²) < 4.78 is 17.5. The standard InChI is InChI=1S/C22H30N2O5/c1-4-27-17-10-9-16-14(3)19(29-20(16)21(17)28-5-2)22(26)24-12-6-7-15(13-24)8-11-18(23)25/h9-10,15H,4-8,11-13H2,1-3H3,(H2,23,25)/t15-/m1/s1. The summed E-state index contributed by atoms with van der Waals surface area (Å²) in [4.78, 5) is 26.1. The number of likely N-dealkylation sites (tertiary alicyclic amines) is 1. The van der Waals surface area contributed by atoms with Gasteiger partial charge in [-0.05, 0) is 58.1 Å². The minimum atomic E-state index is -0.296. The van der Waals surface area contributed by atoms with Gasteiger partial charge in [-0.1, -0.05) is 0 Å². The average Bonchev–Trinajstić information content (AvgIpc) is 3.05. The molecule has 1 atom stereocenters. The van der Waals surface area contributed by atoms with Crippen molar-refractivity contribution in [2.24, 2.45) is 11.7 Å². The second-order valence-electron chi connectivity index (χ2n) is 7.46. The van der Waals surface area contributed by atoms with Crippen molar-refractivity contribution in [1.29, 1.82) is 0 Å². The fraction of sp³-hybridized carbons (Fsp3) is 0.545. The van der Waals surface area contributed by atoms with Crippen molar-refractivity contribution in [2.45, 2.75) is 46.5 Å². The lowest BCUT2D eigenvalue weighted by Crippen LogP contribution is -2.40. The zero-order valence-corrected chi connectivity index (χ0v) is 17.5. The Bertz CT molecular complexity index is 889.